The summed E-state index contributed by atoms with van der Waals surface area (Å²) in [5, 5.41) is 3.46. The van der Waals surface area contributed by atoms with Crippen molar-refractivity contribution in [2.75, 3.05) is 25.5 Å². The van der Waals surface area contributed by atoms with Crippen LogP contribution in [0.5, 0.6) is 5.75 Å². The van der Waals surface area contributed by atoms with Gasteiger partial charge in [-0.15, -0.1) is 0 Å². The fourth-order valence-electron chi connectivity index (χ4n) is 3.75. The van der Waals surface area contributed by atoms with Crippen LogP contribution in [0.1, 0.15) is 59.0 Å². The molecule has 0 spiro atoms. The van der Waals surface area contributed by atoms with Gasteiger partial charge in [0, 0.05) is 34.9 Å². The molecular formula is C29H34ClN3O3. The van der Waals surface area contributed by atoms with Gasteiger partial charge < -0.3 is 20.7 Å². The van der Waals surface area contributed by atoms with Gasteiger partial charge in [0.15, 0.2) is 0 Å². The van der Waals surface area contributed by atoms with Gasteiger partial charge in [-0.25, -0.2) is 0 Å². The average molecular weight is 508 g/mol. The first-order valence-electron chi connectivity index (χ1n) is 12.0. The summed E-state index contributed by atoms with van der Waals surface area (Å²) in [6.45, 7) is 7.63. The van der Waals surface area contributed by atoms with Crippen LogP contribution < -0.4 is 15.8 Å². The smallest absolute Gasteiger partial charge is 0.255 e. The molecule has 0 aromatic heterocycles. The van der Waals surface area contributed by atoms with Crippen molar-refractivity contribution in [3.05, 3.63) is 94.0 Å². The van der Waals surface area contributed by atoms with Crippen LogP contribution in [-0.4, -0.2) is 36.9 Å². The van der Waals surface area contributed by atoms with Gasteiger partial charge >= 0.3 is 0 Å². The molecule has 190 valence electrons. The SMILES string of the molecule is COc1ccc(C(=O)N(CCCN)Cc2cc(NC(=O)c3ccc(C(C)(C)C)cc3)ccc2Cl)cc1. The van der Waals surface area contributed by atoms with E-state index in [0.29, 0.717) is 47.1 Å². The molecule has 0 aliphatic heterocycles. The maximum absolute atomic E-state index is 13.2. The summed E-state index contributed by atoms with van der Waals surface area (Å²) < 4.78 is 5.19. The van der Waals surface area contributed by atoms with E-state index in [1.54, 1.807) is 54.5 Å². The zero-order valence-electron chi connectivity index (χ0n) is 21.3. The predicted molar refractivity (Wildman–Crippen MR) is 146 cm³/mol. The van der Waals surface area contributed by atoms with E-state index < -0.39 is 0 Å². The molecule has 0 aliphatic carbocycles. The van der Waals surface area contributed by atoms with Crippen LogP contribution in [-0.2, 0) is 12.0 Å². The number of carbonyl (C=O) groups is 2. The molecule has 0 saturated carbocycles. The number of methoxy groups -OCH3 is 1. The van der Waals surface area contributed by atoms with Crippen LogP contribution in [0.2, 0.25) is 5.02 Å². The van der Waals surface area contributed by atoms with Gasteiger partial charge in [0.25, 0.3) is 11.8 Å². The standard InChI is InChI=1S/C29H34ClN3O3/c1-29(2,3)23-10-6-20(7-11-23)27(34)32-24-12-15-26(30)22(18-24)19-33(17-5-16-31)28(35)21-8-13-25(36-4)14-9-21/h6-15,18H,5,16-17,19,31H2,1-4H3,(H,32,34). The third-order valence-corrected chi connectivity index (χ3v) is 6.30. The maximum atomic E-state index is 13.2. The Balaban J connectivity index is 1.78. The highest BCUT2D eigenvalue weighted by Gasteiger charge is 2.19. The van der Waals surface area contributed by atoms with E-state index in [9.17, 15) is 9.59 Å². The summed E-state index contributed by atoms with van der Waals surface area (Å²) >= 11 is 6.49. The number of hydrogen-bond acceptors (Lipinski definition) is 4. The Bertz CT molecular complexity index is 1190. The number of halogens is 1. The molecule has 2 amide bonds. The number of rotatable bonds is 9. The largest absolute Gasteiger partial charge is 0.497 e. The first kappa shape index (κ1) is 27.2. The van der Waals surface area contributed by atoms with Crippen molar-refractivity contribution in [2.45, 2.75) is 39.2 Å². The lowest BCUT2D eigenvalue weighted by Crippen LogP contribution is -2.32. The Kier molecular flexibility index (Phi) is 9.13. The summed E-state index contributed by atoms with van der Waals surface area (Å²) in [4.78, 5) is 27.8. The minimum atomic E-state index is -0.210. The van der Waals surface area contributed by atoms with Crippen molar-refractivity contribution in [2.24, 2.45) is 5.73 Å². The zero-order chi connectivity index (χ0) is 26.3. The van der Waals surface area contributed by atoms with Gasteiger partial charge in [-0.3, -0.25) is 9.59 Å². The summed E-state index contributed by atoms with van der Waals surface area (Å²) in [5.41, 5.74) is 9.34. The molecule has 36 heavy (non-hydrogen) atoms. The molecule has 0 saturated heterocycles. The fourth-order valence-corrected chi connectivity index (χ4v) is 3.93. The molecule has 0 bridgehead atoms. The van der Waals surface area contributed by atoms with E-state index in [1.807, 2.05) is 24.3 Å². The van der Waals surface area contributed by atoms with Crippen molar-refractivity contribution < 1.29 is 14.3 Å². The molecule has 7 heteroatoms. The summed E-state index contributed by atoms with van der Waals surface area (Å²) in [6, 6.07) is 19.9. The zero-order valence-corrected chi connectivity index (χ0v) is 22.1. The van der Waals surface area contributed by atoms with Crippen LogP contribution in [0.3, 0.4) is 0 Å². The number of anilines is 1. The molecule has 0 fully saturated rings. The molecule has 3 N–H and O–H groups in total. The van der Waals surface area contributed by atoms with Gasteiger partial charge in [0.2, 0.25) is 0 Å². The quantitative estimate of drug-likeness (QED) is 0.378. The summed E-state index contributed by atoms with van der Waals surface area (Å²) in [6.07, 6.45) is 0.653. The van der Waals surface area contributed by atoms with Crippen molar-refractivity contribution in [1.29, 1.82) is 0 Å². The van der Waals surface area contributed by atoms with E-state index in [2.05, 4.69) is 26.1 Å². The van der Waals surface area contributed by atoms with Crippen LogP contribution in [0.25, 0.3) is 0 Å². The van der Waals surface area contributed by atoms with Crippen LogP contribution in [0, 0.1) is 0 Å². The van der Waals surface area contributed by atoms with Crippen LogP contribution in [0.4, 0.5) is 5.69 Å². The number of nitrogens with zero attached hydrogens (tertiary/aromatic N) is 1. The number of nitrogens with two attached hydrogens (primary N) is 1. The third kappa shape index (κ3) is 7.09. The van der Waals surface area contributed by atoms with E-state index in [4.69, 9.17) is 22.1 Å². The van der Waals surface area contributed by atoms with E-state index in [0.717, 1.165) is 11.1 Å². The first-order valence-corrected chi connectivity index (χ1v) is 12.3. The Hall–Kier alpha value is -3.35. The second-order valence-corrected chi connectivity index (χ2v) is 10.1. The second-order valence-electron chi connectivity index (χ2n) is 9.69. The van der Waals surface area contributed by atoms with Gasteiger partial charge in [-0.05, 0) is 84.1 Å². The molecule has 3 aromatic carbocycles. The average Bonchev–Trinajstić information content (AvgIpc) is 2.87. The van der Waals surface area contributed by atoms with E-state index in [1.165, 1.54) is 0 Å². The highest BCUT2D eigenvalue weighted by atomic mass is 35.5. The predicted octanol–water partition coefficient (Wildman–Crippen LogP) is 5.89. The molecular weight excluding hydrogens is 474 g/mol. The van der Waals surface area contributed by atoms with Crippen molar-refractivity contribution >= 4 is 29.1 Å². The summed E-state index contributed by atoms with van der Waals surface area (Å²) in [5.74, 6) is 0.341. The highest BCUT2D eigenvalue weighted by molar-refractivity contribution is 6.31. The number of benzene rings is 3. The van der Waals surface area contributed by atoms with E-state index in [-0.39, 0.29) is 23.8 Å². The molecule has 0 unspecified atom stereocenters. The van der Waals surface area contributed by atoms with Gasteiger partial charge in [-0.1, -0.05) is 44.5 Å². The number of hydrogen-bond donors (Lipinski definition) is 2. The Morgan fingerprint density at radius 1 is 0.972 bits per heavy atom. The summed E-state index contributed by atoms with van der Waals surface area (Å²) in [7, 11) is 1.58. The highest BCUT2D eigenvalue weighted by Crippen LogP contribution is 2.25. The van der Waals surface area contributed by atoms with Crippen LogP contribution in [0.15, 0.2) is 66.7 Å². The van der Waals surface area contributed by atoms with Crippen molar-refractivity contribution in [3.63, 3.8) is 0 Å². The Morgan fingerprint density at radius 3 is 2.19 bits per heavy atom. The third-order valence-electron chi connectivity index (χ3n) is 5.93. The molecule has 0 radical (unpaired) electrons. The second kappa shape index (κ2) is 12.1. The minimum Gasteiger partial charge on any atom is -0.497 e. The number of ether oxygens (including phenoxy) is 1. The van der Waals surface area contributed by atoms with Crippen LogP contribution >= 0.6 is 11.6 Å². The topological polar surface area (TPSA) is 84.7 Å². The molecule has 3 rings (SSSR count). The molecule has 0 heterocycles. The van der Waals surface area contributed by atoms with Gasteiger partial charge in [-0.2, -0.15) is 0 Å². The van der Waals surface area contributed by atoms with Gasteiger partial charge in [0.1, 0.15) is 5.75 Å². The minimum absolute atomic E-state index is 0.0130. The van der Waals surface area contributed by atoms with E-state index >= 15 is 0 Å². The number of amides is 2. The molecule has 6 nitrogen and oxygen atoms in total. The lowest BCUT2D eigenvalue weighted by atomic mass is 9.87. The fraction of sp³-hybridized carbons (Fsp3) is 0.310. The monoisotopic (exact) mass is 507 g/mol. The maximum Gasteiger partial charge on any atom is 0.255 e. The Morgan fingerprint density at radius 2 is 1.61 bits per heavy atom. The molecule has 0 atom stereocenters. The number of carbonyl (C=O) groups excluding carboxylic acids is 2. The lowest BCUT2D eigenvalue weighted by Gasteiger charge is -2.24. The number of nitrogens with one attached hydrogen (secondary N) is 1. The molecule has 3 aromatic rings. The molecule has 0 aliphatic rings. The normalized spacial score (nSPS) is 11.2. The first-order chi connectivity index (χ1) is 17.1. The van der Waals surface area contributed by atoms with Gasteiger partial charge in [0.05, 0.1) is 7.11 Å². The Labute approximate surface area is 218 Å². The van der Waals surface area contributed by atoms with Crippen molar-refractivity contribution in [1.82, 2.24) is 4.90 Å². The van der Waals surface area contributed by atoms with Crippen molar-refractivity contribution in [3.8, 4) is 5.75 Å². The lowest BCUT2D eigenvalue weighted by molar-refractivity contribution is 0.0742.